The van der Waals surface area contributed by atoms with Crippen LogP contribution in [0.15, 0.2) is 28.7 Å². The van der Waals surface area contributed by atoms with Crippen LogP contribution in [0.2, 0.25) is 0 Å². The minimum Gasteiger partial charge on any atom is -0.443 e. The lowest BCUT2D eigenvalue weighted by atomic mass is 9.80. The van der Waals surface area contributed by atoms with Crippen molar-refractivity contribution in [2.24, 2.45) is 0 Å². The number of carbonyl (C=O) groups is 1. The Morgan fingerprint density at radius 2 is 2.00 bits per heavy atom. The van der Waals surface area contributed by atoms with E-state index in [-0.39, 0.29) is 5.91 Å². The fraction of sp³-hybridized carbons (Fsp3) is 0.545. The standard InChI is InChI=1S/C22H29N3O3/c1-16-6-8-17(9-7-16)24-22(11-4-3-5-12-22)21(26)25-13-10-19-18(14-25)23-20(28-19)15-27-2/h6-9,24H,3-5,10-15H2,1-2H3. The molecule has 1 fully saturated rings. The fourth-order valence-electron chi connectivity index (χ4n) is 4.37. The van der Waals surface area contributed by atoms with Gasteiger partial charge in [0, 0.05) is 25.8 Å². The summed E-state index contributed by atoms with van der Waals surface area (Å²) in [5, 5.41) is 3.61. The highest BCUT2D eigenvalue weighted by Gasteiger charge is 2.43. The largest absolute Gasteiger partial charge is 0.443 e. The molecule has 1 aromatic carbocycles. The van der Waals surface area contributed by atoms with Gasteiger partial charge in [0.2, 0.25) is 11.8 Å². The predicted molar refractivity (Wildman–Crippen MR) is 107 cm³/mol. The third-order valence-corrected chi connectivity index (χ3v) is 5.88. The number of rotatable bonds is 5. The molecule has 2 heterocycles. The molecule has 0 atom stereocenters. The minimum absolute atomic E-state index is 0.190. The first-order valence-corrected chi connectivity index (χ1v) is 10.2. The molecule has 150 valence electrons. The summed E-state index contributed by atoms with van der Waals surface area (Å²) in [6.07, 6.45) is 5.79. The Labute approximate surface area is 166 Å². The maximum Gasteiger partial charge on any atom is 0.248 e. The van der Waals surface area contributed by atoms with Crippen LogP contribution in [0, 0.1) is 6.92 Å². The summed E-state index contributed by atoms with van der Waals surface area (Å²) in [6, 6.07) is 8.32. The Hall–Kier alpha value is -2.34. The zero-order valence-electron chi connectivity index (χ0n) is 16.8. The molecular formula is C22H29N3O3. The summed E-state index contributed by atoms with van der Waals surface area (Å²) >= 11 is 0. The van der Waals surface area contributed by atoms with E-state index in [2.05, 4.69) is 41.5 Å². The van der Waals surface area contributed by atoms with Gasteiger partial charge >= 0.3 is 0 Å². The molecule has 1 N–H and O–H groups in total. The van der Waals surface area contributed by atoms with Crippen molar-refractivity contribution in [3.05, 3.63) is 47.2 Å². The molecule has 1 aliphatic heterocycles. The van der Waals surface area contributed by atoms with Crippen molar-refractivity contribution in [3.63, 3.8) is 0 Å². The monoisotopic (exact) mass is 383 g/mol. The van der Waals surface area contributed by atoms with Crippen molar-refractivity contribution in [1.82, 2.24) is 9.88 Å². The minimum atomic E-state index is -0.524. The lowest BCUT2D eigenvalue weighted by Crippen LogP contribution is -2.56. The van der Waals surface area contributed by atoms with E-state index in [9.17, 15) is 4.79 Å². The molecule has 1 amide bonds. The van der Waals surface area contributed by atoms with Crippen LogP contribution >= 0.6 is 0 Å². The van der Waals surface area contributed by atoms with Gasteiger partial charge in [-0.25, -0.2) is 4.98 Å². The van der Waals surface area contributed by atoms with Crippen LogP contribution in [0.3, 0.4) is 0 Å². The number of nitrogens with one attached hydrogen (secondary N) is 1. The van der Waals surface area contributed by atoms with E-state index < -0.39 is 5.54 Å². The summed E-state index contributed by atoms with van der Waals surface area (Å²) in [5.41, 5.74) is 2.58. The third kappa shape index (κ3) is 3.78. The third-order valence-electron chi connectivity index (χ3n) is 5.88. The number of methoxy groups -OCH3 is 1. The zero-order chi connectivity index (χ0) is 19.6. The van der Waals surface area contributed by atoms with E-state index >= 15 is 0 Å². The number of aromatic nitrogens is 1. The van der Waals surface area contributed by atoms with Gasteiger partial charge in [-0.2, -0.15) is 0 Å². The van der Waals surface area contributed by atoms with E-state index in [1.165, 1.54) is 12.0 Å². The second-order valence-electron chi connectivity index (χ2n) is 8.02. The number of hydrogen-bond donors (Lipinski definition) is 1. The van der Waals surface area contributed by atoms with Gasteiger partial charge in [-0.15, -0.1) is 0 Å². The lowest BCUT2D eigenvalue weighted by molar-refractivity contribution is -0.138. The Balaban J connectivity index is 1.54. The molecule has 28 heavy (non-hydrogen) atoms. The predicted octanol–water partition coefficient (Wildman–Crippen LogP) is 3.83. The first-order chi connectivity index (χ1) is 13.6. The number of aryl methyl sites for hydroxylation is 1. The van der Waals surface area contributed by atoms with Gasteiger partial charge in [-0.1, -0.05) is 37.0 Å². The number of anilines is 1. The van der Waals surface area contributed by atoms with Crippen LogP contribution in [0.5, 0.6) is 0 Å². The molecule has 1 aromatic heterocycles. The van der Waals surface area contributed by atoms with Crippen LogP contribution in [0.25, 0.3) is 0 Å². The first kappa shape index (κ1) is 19.0. The van der Waals surface area contributed by atoms with Crippen molar-refractivity contribution in [2.45, 2.75) is 64.1 Å². The smallest absolute Gasteiger partial charge is 0.248 e. The topological polar surface area (TPSA) is 67.6 Å². The van der Waals surface area contributed by atoms with E-state index in [0.717, 1.165) is 42.8 Å². The van der Waals surface area contributed by atoms with Crippen molar-refractivity contribution in [3.8, 4) is 0 Å². The van der Waals surface area contributed by atoms with E-state index in [0.29, 0.717) is 32.0 Å². The molecule has 0 saturated heterocycles. The molecule has 2 aliphatic rings. The number of nitrogens with zero attached hydrogens (tertiary/aromatic N) is 2. The second kappa shape index (κ2) is 7.95. The number of benzene rings is 1. The van der Waals surface area contributed by atoms with Crippen LogP contribution in [0.1, 0.15) is 55.0 Å². The van der Waals surface area contributed by atoms with Crippen LogP contribution in [-0.2, 0) is 29.1 Å². The Morgan fingerprint density at radius 1 is 1.25 bits per heavy atom. The molecule has 0 unspecified atom stereocenters. The summed E-state index contributed by atoms with van der Waals surface area (Å²) in [6.45, 7) is 3.62. The number of ether oxygens (including phenoxy) is 1. The average molecular weight is 383 g/mol. The first-order valence-electron chi connectivity index (χ1n) is 10.2. The SMILES string of the molecule is COCc1nc2c(o1)CCN(C(=O)C1(Nc3ccc(C)cc3)CCCCC1)C2. The summed E-state index contributed by atoms with van der Waals surface area (Å²) in [7, 11) is 1.63. The normalized spacial score (nSPS) is 18.6. The molecule has 2 aromatic rings. The molecule has 1 aliphatic carbocycles. The zero-order valence-corrected chi connectivity index (χ0v) is 16.8. The number of oxazole rings is 1. The van der Waals surface area contributed by atoms with Gasteiger partial charge in [0.1, 0.15) is 23.6 Å². The van der Waals surface area contributed by atoms with Gasteiger partial charge in [0.05, 0.1) is 6.54 Å². The van der Waals surface area contributed by atoms with Gasteiger partial charge in [-0.05, 0) is 31.9 Å². The van der Waals surface area contributed by atoms with Gasteiger partial charge < -0.3 is 19.4 Å². The van der Waals surface area contributed by atoms with Crippen LogP contribution in [0.4, 0.5) is 5.69 Å². The number of hydrogen-bond acceptors (Lipinski definition) is 5. The van der Waals surface area contributed by atoms with E-state index in [1.54, 1.807) is 7.11 Å². The maximum absolute atomic E-state index is 13.7. The van der Waals surface area contributed by atoms with Crippen LogP contribution in [-0.4, -0.2) is 35.0 Å². The summed E-state index contributed by atoms with van der Waals surface area (Å²) in [4.78, 5) is 20.2. The molecule has 0 bridgehead atoms. The number of amides is 1. The molecule has 6 nitrogen and oxygen atoms in total. The highest BCUT2D eigenvalue weighted by molar-refractivity contribution is 5.89. The van der Waals surface area contributed by atoms with Gasteiger partial charge in [0.15, 0.2) is 0 Å². The second-order valence-corrected chi connectivity index (χ2v) is 8.02. The summed E-state index contributed by atoms with van der Waals surface area (Å²) in [5.74, 6) is 1.67. The van der Waals surface area contributed by atoms with Gasteiger partial charge in [-0.3, -0.25) is 4.79 Å². The van der Waals surface area contributed by atoms with Crippen molar-refractivity contribution < 1.29 is 13.9 Å². The highest BCUT2D eigenvalue weighted by atomic mass is 16.5. The quantitative estimate of drug-likeness (QED) is 0.850. The maximum atomic E-state index is 13.7. The molecule has 6 heteroatoms. The molecule has 0 radical (unpaired) electrons. The fourth-order valence-corrected chi connectivity index (χ4v) is 4.37. The highest BCUT2D eigenvalue weighted by Crippen LogP contribution is 2.35. The number of carbonyl (C=O) groups excluding carboxylic acids is 1. The van der Waals surface area contributed by atoms with Crippen molar-refractivity contribution in [1.29, 1.82) is 0 Å². The number of fused-ring (bicyclic) bond motifs is 1. The Bertz CT molecular complexity index is 822. The molecule has 0 spiro atoms. The lowest BCUT2D eigenvalue weighted by Gasteiger charge is -2.41. The molecule has 4 rings (SSSR count). The van der Waals surface area contributed by atoms with Crippen molar-refractivity contribution in [2.75, 3.05) is 19.0 Å². The van der Waals surface area contributed by atoms with E-state index in [4.69, 9.17) is 9.15 Å². The molecular weight excluding hydrogens is 354 g/mol. The van der Waals surface area contributed by atoms with Crippen LogP contribution < -0.4 is 5.32 Å². The van der Waals surface area contributed by atoms with E-state index in [1.807, 2.05) is 4.90 Å². The Kier molecular flexibility index (Phi) is 5.40. The summed E-state index contributed by atoms with van der Waals surface area (Å²) < 4.78 is 10.9. The van der Waals surface area contributed by atoms with Crippen molar-refractivity contribution >= 4 is 11.6 Å². The average Bonchev–Trinajstić information content (AvgIpc) is 3.12. The molecule has 1 saturated carbocycles. The Morgan fingerprint density at radius 3 is 2.71 bits per heavy atom. The van der Waals surface area contributed by atoms with Gasteiger partial charge in [0.25, 0.3) is 0 Å².